The largest absolute Gasteiger partial charge is 0.307 e. The van der Waals surface area contributed by atoms with Crippen molar-refractivity contribution in [2.24, 2.45) is 0 Å². The zero-order valence-corrected chi connectivity index (χ0v) is 44.6. The maximum absolute atomic E-state index is 5.49. The molecule has 4 aromatic heterocycles. The predicted octanol–water partition coefficient (Wildman–Crippen LogP) is 12.0. The summed E-state index contributed by atoms with van der Waals surface area (Å²) in [5.41, 5.74) is 32.3. The second kappa shape index (κ2) is 17.7. The van der Waals surface area contributed by atoms with E-state index in [1.807, 2.05) is 0 Å². The number of fused-ring (bicyclic) bond motifs is 6. The monoisotopic (exact) mass is 935 g/mol. The maximum atomic E-state index is 5.49. The average molecular weight is 935 g/mol. The molecule has 11 rings (SSSR count). The van der Waals surface area contributed by atoms with E-state index in [0.29, 0.717) is 0 Å². The molecule has 0 aliphatic rings. The fourth-order valence-corrected chi connectivity index (χ4v) is 13.3. The Labute approximate surface area is 427 Å². The Morgan fingerprint density at radius 3 is 0.847 bits per heavy atom. The van der Waals surface area contributed by atoms with Crippen LogP contribution in [-0.4, -0.2) is 32.5 Å². The molecule has 0 saturated carbocycles. The Hall–Kier alpha value is -7.43. The number of aryl methyl sites for hydroxylation is 14. The van der Waals surface area contributed by atoms with E-state index in [1.54, 1.807) is 0 Å². The van der Waals surface area contributed by atoms with E-state index in [-0.39, 0.29) is 13.4 Å². The highest BCUT2D eigenvalue weighted by molar-refractivity contribution is 6.96. The van der Waals surface area contributed by atoms with Crippen molar-refractivity contribution in [3.05, 3.63) is 212 Å². The second-order valence-corrected chi connectivity index (χ2v) is 21.5. The van der Waals surface area contributed by atoms with Crippen molar-refractivity contribution in [3.63, 3.8) is 0 Å². The summed E-state index contributed by atoms with van der Waals surface area (Å²) in [6.45, 7) is 31.4. The number of hydrogen-bond acceptors (Lipinski definition) is 2. The molecule has 0 unspecified atom stereocenters. The first kappa shape index (κ1) is 46.9. The van der Waals surface area contributed by atoms with E-state index in [2.05, 4.69) is 240 Å². The van der Waals surface area contributed by atoms with Crippen molar-refractivity contribution in [2.45, 2.75) is 96.9 Å². The summed E-state index contributed by atoms with van der Waals surface area (Å²) < 4.78 is 4.90. The van der Waals surface area contributed by atoms with Crippen LogP contribution in [0.15, 0.2) is 134 Å². The van der Waals surface area contributed by atoms with Crippen LogP contribution >= 0.6 is 0 Å². The maximum Gasteiger partial charge on any atom is 0.266 e. The van der Waals surface area contributed by atoms with Gasteiger partial charge in [-0.25, -0.2) is 0 Å². The summed E-state index contributed by atoms with van der Waals surface area (Å²) in [6, 6.07) is 45.9. The van der Waals surface area contributed by atoms with E-state index in [4.69, 9.17) is 9.97 Å². The summed E-state index contributed by atoms with van der Waals surface area (Å²) in [5.74, 6) is 0. The first-order valence-corrected chi connectivity index (χ1v) is 25.7. The first-order valence-electron chi connectivity index (χ1n) is 25.7. The molecule has 6 heteroatoms. The second-order valence-electron chi connectivity index (χ2n) is 21.5. The zero-order chi connectivity index (χ0) is 50.6. The summed E-state index contributed by atoms with van der Waals surface area (Å²) in [7, 11) is 0. The summed E-state index contributed by atoms with van der Waals surface area (Å²) in [5, 5.41) is 4.84. The van der Waals surface area contributed by atoms with Gasteiger partial charge in [-0.1, -0.05) is 174 Å². The lowest BCUT2D eigenvalue weighted by Crippen LogP contribution is -2.57. The fourth-order valence-electron chi connectivity index (χ4n) is 13.3. The smallest absolute Gasteiger partial charge is 0.266 e. The van der Waals surface area contributed by atoms with E-state index in [9.17, 15) is 0 Å². The van der Waals surface area contributed by atoms with Gasteiger partial charge in [0.1, 0.15) is 0 Å². The Bertz CT molecular complexity index is 3580. The van der Waals surface area contributed by atoms with Gasteiger partial charge in [0, 0.05) is 32.7 Å². The normalized spacial score (nSPS) is 11.8. The van der Waals surface area contributed by atoms with Crippen LogP contribution in [-0.2, 0) is 0 Å². The van der Waals surface area contributed by atoms with Crippen LogP contribution in [0.25, 0.3) is 55.0 Å². The highest BCUT2D eigenvalue weighted by Crippen LogP contribution is 2.40. The molecule has 0 atom stereocenters. The summed E-state index contributed by atoms with van der Waals surface area (Å²) in [4.78, 5) is 11.0. The van der Waals surface area contributed by atoms with Crippen LogP contribution in [0.1, 0.15) is 77.9 Å². The number of rotatable bonds is 8. The summed E-state index contributed by atoms with van der Waals surface area (Å²) in [6.07, 6.45) is 4.27. The van der Waals surface area contributed by atoms with Gasteiger partial charge in [-0.15, -0.1) is 0 Å². The third kappa shape index (κ3) is 7.61. The van der Waals surface area contributed by atoms with E-state index < -0.39 is 0 Å². The Balaban J connectivity index is 1.10. The molecule has 72 heavy (non-hydrogen) atoms. The number of pyridine rings is 2. The predicted molar refractivity (Wildman–Crippen MR) is 312 cm³/mol. The molecule has 0 aliphatic carbocycles. The van der Waals surface area contributed by atoms with E-state index in [0.717, 1.165) is 44.6 Å². The van der Waals surface area contributed by atoms with Crippen LogP contribution in [0, 0.1) is 96.9 Å². The molecule has 4 nitrogen and oxygen atoms in total. The lowest BCUT2D eigenvalue weighted by atomic mass is 9.35. The molecular weight excluding hydrogens is 870 g/mol. The van der Waals surface area contributed by atoms with Crippen molar-refractivity contribution in [1.82, 2.24) is 19.1 Å². The van der Waals surface area contributed by atoms with Gasteiger partial charge in [0.15, 0.2) is 0 Å². The summed E-state index contributed by atoms with van der Waals surface area (Å²) >= 11 is 0. The van der Waals surface area contributed by atoms with Crippen molar-refractivity contribution in [1.29, 1.82) is 0 Å². The van der Waals surface area contributed by atoms with Crippen molar-refractivity contribution < 1.29 is 0 Å². The van der Waals surface area contributed by atoms with Crippen LogP contribution in [0.2, 0.25) is 0 Å². The molecule has 0 bridgehead atoms. The Kier molecular flexibility index (Phi) is 11.5. The molecule has 7 aromatic carbocycles. The van der Waals surface area contributed by atoms with Gasteiger partial charge in [-0.05, 0) is 144 Å². The molecule has 0 radical (unpaired) electrons. The molecule has 354 valence electrons. The molecular formula is C66H64B2N4. The minimum Gasteiger partial charge on any atom is -0.307 e. The van der Waals surface area contributed by atoms with Gasteiger partial charge in [0.25, 0.3) is 13.4 Å². The van der Waals surface area contributed by atoms with Crippen molar-refractivity contribution in [3.8, 4) is 11.4 Å². The Morgan fingerprint density at radius 2 is 0.569 bits per heavy atom. The average Bonchev–Trinajstić information content (AvgIpc) is 3.80. The molecule has 0 saturated heterocycles. The number of aromatic nitrogens is 4. The van der Waals surface area contributed by atoms with Crippen molar-refractivity contribution >= 4 is 90.1 Å². The van der Waals surface area contributed by atoms with Gasteiger partial charge in [-0.3, -0.25) is 9.97 Å². The molecule has 0 aliphatic heterocycles. The SMILES string of the molecule is Cc1cc(C)c(B(c2cc(C)c(-n3c4ccccc4c4cc5c(cc43)c3ccccc3n5-c3cnc(B(c4c(C)cc(C)cc4C)c4c(C)cc(C)cc4C)cc3C)cn2)c2c(C)cc(C)cc2C)c(C)c1. The van der Waals surface area contributed by atoms with Crippen LogP contribution in [0.3, 0.4) is 0 Å². The van der Waals surface area contributed by atoms with Crippen LogP contribution in [0.5, 0.6) is 0 Å². The molecule has 0 N–H and O–H groups in total. The molecule has 0 amide bonds. The van der Waals surface area contributed by atoms with Gasteiger partial charge < -0.3 is 9.13 Å². The highest BCUT2D eigenvalue weighted by atomic mass is 15.0. The Morgan fingerprint density at radius 1 is 0.292 bits per heavy atom. The molecule has 0 fully saturated rings. The topological polar surface area (TPSA) is 35.6 Å². The van der Waals surface area contributed by atoms with Gasteiger partial charge in [-0.2, -0.15) is 0 Å². The van der Waals surface area contributed by atoms with Gasteiger partial charge >= 0.3 is 0 Å². The molecule has 11 aromatic rings. The van der Waals surface area contributed by atoms with E-state index in [1.165, 1.54) is 121 Å². The quantitative estimate of drug-likeness (QED) is 0.142. The van der Waals surface area contributed by atoms with Crippen LogP contribution < -0.4 is 33.0 Å². The third-order valence-electron chi connectivity index (χ3n) is 15.9. The van der Waals surface area contributed by atoms with Gasteiger partial charge in [0.2, 0.25) is 0 Å². The third-order valence-corrected chi connectivity index (χ3v) is 15.9. The lowest BCUT2D eigenvalue weighted by molar-refractivity contribution is 1.12. The molecule has 0 spiro atoms. The van der Waals surface area contributed by atoms with E-state index >= 15 is 0 Å². The number of para-hydroxylation sites is 2. The standard InChI is InChI=1S/C66H64B2N4/c1-37-23-43(7)63(44(8)24-37)67(64-45(9)25-38(2)26-46(64)10)61-31-41(5)59(35-69-61)71-55-21-17-15-19-51(55)53-34-58-54(33-57(53)71)52-20-16-18-22-56(52)72(58)60-36-70-62(32-42(60)6)68(65-47(11)27-39(3)28-48(65)12)66-49(13)29-40(4)30-50(66)14/h15-36H,1-14H3. The first-order chi connectivity index (χ1) is 34.5. The minimum atomic E-state index is -0.00701. The minimum absolute atomic E-state index is 0.00701. The highest BCUT2D eigenvalue weighted by Gasteiger charge is 2.32. The number of benzene rings is 7. The lowest BCUT2D eigenvalue weighted by Gasteiger charge is -2.24. The van der Waals surface area contributed by atoms with Crippen molar-refractivity contribution in [2.75, 3.05) is 0 Å². The molecule has 4 heterocycles. The fraction of sp³-hybridized carbons (Fsp3) is 0.212. The zero-order valence-electron chi connectivity index (χ0n) is 44.6. The number of hydrogen-bond donors (Lipinski definition) is 0. The number of nitrogens with zero attached hydrogens (tertiary/aromatic N) is 4. The van der Waals surface area contributed by atoms with Gasteiger partial charge in [0.05, 0.1) is 45.8 Å². The van der Waals surface area contributed by atoms with Crippen LogP contribution in [0.4, 0.5) is 0 Å².